The van der Waals surface area contributed by atoms with Crippen molar-refractivity contribution in [3.05, 3.63) is 63.4 Å². The van der Waals surface area contributed by atoms with E-state index >= 15 is 0 Å². The molecule has 2 nitrogen and oxygen atoms in total. The van der Waals surface area contributed by atoms with Gasteiger partial charge >= 0.3 is 0 Å². The van der Waals surface area contributed by atoms with Crippen LogP contribution in [-0.4, -0.2) is 12.9 Å². The molecule has 2 aromatic rings. The molecule has 21 heavy (non-hydrogen) atoms. The Morgan fingerprint density at radius 2 is 1.95 bits per heavy atom. The molecule has 0 saturated heterocycles. The molecule has 0 spiro atoms. The molecule has 1 unspecified atom stereocenters. The van der Waals surface area contributed by atoms with Crippen LogP contribution in [0.3, 0.4) is 0 Å². The molecule has 2 aromatic carbocycles. The monoisotopic (exact) mass is 414 g/mol. The minimum Gasteiger partial charge on any atom is -0.494 e. The number of carbonyl (C=O) groups excluding carboxylic acids is 1. The number of carbonyl (C=O) groups is 1. The molecule has 0 radical (unpaired) electrons. The van der Waals surface area contributed by atoms with Gasteiger partial charge in [-0.25, -0.2) is 4.39 Å². The first-order chi connectivity index (χ1) is 9.93. The summed E-state index contributed by atoms with van der Waals surface area (Å²) in [6.07, 6.45) is 0. The maximum Gasteiger partial charge on any atom is 0.194 e. The highest BCUT2D eigenvalue weighted by Crippen LogP contribution is 2.29. The zero-order chi connectivity index (χ0) is 15.6. The molecule has 110 valence electrons. The first-order valence-electron chi connectivity index (χ1n) is 6.25. The van der Waals surface area contributed by atoms with Crippen molar-refractivity contribution in [2.45, 2.75) is 11.8 Å². The Labute approximate surface area is 139 Å². The Balaban J connectivity index is 2.38. The van der Waals surface area contributed by atoms with Crippen LogP contribution in [0, 0.1) is 5.82 Å². The van der Waals surface area contributed by atoms with Gasteiger partial charge in [0.1, 0.15) is 0 Å². The third-order valence-corrected chi connectivity index (χ3v) is 4.30. The van der Waals surface area contributed by atoms with E-state index in [0.717, 1.165) is 5.56 Å². The summed E-state index contributed by atoms with van der Waals surface area (Å²) in [5.41, 5.74) is 1.84. The average molecular weight is 416 g/mol. The minimum absolute atomic E-state index is 0.120. The fourth-order valence-electron chi connectivity index (χ4n) is 1.93. The summed E-state index contributed by atoms with van der Waals surface area (Å²) in [7, 11) is 1.39. The molecule has 0 aliphatic heterocycles. The van der Waals surface area contributed by atoms with E-state index in [-0.39, 0.29) is 21.9 Å². The van der Waals surface area contributed by atoms with Gasteiger partial charge in [-0.05, 0) is 42.8 Å². The largest absolute Gasteiger partial charge is 0.494 e. The highest BCUT2D eigenvalue weighted by Gasteiger charge is 2.16. The van der Waals surface area contributed by atoms with Gasteiger partial charge in [-0.15, -0.1) is 0 Å². The van der Waals surface area contributed by atoms with Crippen LogP contribution in [0.4, 0.5) is 4.39 Å². The third kappa shape index (κ3) is 3.52. The van der Waals surface area contributed by atoms with Gasteiger partial charge in [-0.3, -0.25) is 4.79 Å². The summed E-state index contributed by atoms with van der Waals surface area (Å²) < 4.78 is 19.2. The predicted molar refractivity (Wildman–Crippen MR) is 87.9 cm³/mol. The van der Waals surface area contributed by atoms with Crippen molar-refractivity contribution in [1.29, 1.82) is 0 Å². The van der Waals surface area contributed by atoms with Crippen LogP contribution in [0.25, 0.3) is 0 Å². The van der Waals surface area contributed by atoms with Gasteiger partial charge < -0.3 is 4.74 Å². The summed E-state index contributed by atoms with van der Waals surface area (Å²) in [6.45, 7) is 2.00. The van der Waals surface area contributed by atoms with E-state index in [1.165, 1.54) is 19.2 Å². The molecular formula is C16H13Br2FO2. The maximum atomic E-state index is 13.7. The molecule has 0 saturated carbocycles. The van der Waals surface area contributed by atoms with Gasteiger partial charge in [-0.2, -0.15) is 0 Å². The Morgan fingerprint density at radius 3 is 2.48 bits per heavy atom. The van der Waals surface area contributed by atoms with Gasteiger partial charge in [0, 0.05) is 20.4 Å². The Morgan fingerprint density at radius 1 is 1.24 bits per heavy atom. The van der Waals surface area contributed by atoms with E-state index in [0.29, 0.717) is 10.0 Å². The molecule has 0 bridgehead atoms. The van der Waals surface area contributed by atoms with Crippen LogP contribution < -0.4 is 4.74 Å². The number of rotatable bonds is 4. The van der Waals surface area contributed by atoms with Crippen LogP contribution in [0.5, 0.6) is 5.75 Å². The Hall–Kier alpha value is -1.20. The lowest BCUT2D eigenvalue weighted by Crippen LogP contribution is -2.04. The van der Waals surface area contributed by atoms with E-state index in [4.69, 9.17) is 4.74 Å². The lowest BCUT2D eigenvalue weighted by Gasteiger charge is -2.09. The molecule has 0 amide bonds. The normalized spacial score (nSPS) is 12.0. The van der Waals surface area contributed by atoms with E-state index < -0.39 is 5.82 Å². The summed E-state index contributed by atoms with van der Waals surface area (Å²) in [5, 5.41) is 0. The van der Waals surface area contributed by atoms with Gasteiger partial charge in [0.25, 0.3) is 0 Å². The molecular weight excluding hydrogens is 403 g/mol. The molecule has 0 aliphatic carbocycles. The first-order valence-corrected chi connectivity index (χ1v) is 7.96. The molecule has 0 aromatic heterocycles. The molecule has 0 N–H and O–H groups in total. The van der Waals surface area contributed by atoms with Crippen molar-refractivity contribution in [3.8, 4) is 5.75 Å². The second kappa shape index (κ2) is 6.71. The van der Waals surface area contributed by atoms with Crippen molar-refractivity contribution >= 4 is 37.6 Å². The second-order valence-electron chi connectivity index (χ2n) is 4.53. The molecule has 2 rings (SSSR count). The number of halogens is 3. The van der Waals surface area contributed by atoms with Crippen molar-refractivity contribution in [2.75, 3.05) is 7.11 Å². The van der Waals surface area contributed by atoms with Crippen molar-refractivity contribution < 1.29 is 13.9 Å². The van der Waals surface area contributed by atoms with Crippen molar-refractivity contribution in [2.24, 2.45) is 0 Å². The van der Waals surface area contributed by atoms with E-state index in [1.54, 1.807) is 12.1 Å². The lowest BCUT2D eigenvalue weighted by atomic mass is 10.0. The smallest absolute Gasteiger partial charge is 0.194 e. The quantitative estimate of drug-likeness (QED) is 0.501. The number of alkyl halides is 1. The summed E-state index contributed by atoms with van der Waals surface area (Å²) in [4.78, 5) is 12.6. The van der Waals surface area contributed by atoms with Crippen LogP contribution in [0.1, 0.15) is 33.2 Å². The number of ether oxygens (including phenoxy) is 1. The van der Waals surface area contributed by atoms with E-state index in [1.807, 2.05) is 19.1 Å². The second-order valence-corrected chi connectivity index (χ2v) is 6.76. The van der Waals surface area contributed by atoms with Crippen LogP contribution in [-0.2, 0) is 0 Å². The average Bonchev–Trinajstić information content (AvgIpc) is 2.46. The maximum absolute atomic E-state index is 13.7. The molecule has 5 heteroatoms. The third-order valence-electron chi connectivity index (χ3n) is 3.11. The summed E-state index contributed by atoms with van der Waals surface area (Å²) in [5.74, 6) is -0.670. The van der Waals surface area contributed by atoms with Crippen LogP contribution in [0.2, 0.25) is 0 Å². The molecule has 0 aliphatic rings. The number of ketones is 1. The lowest BCUT2D eigenvalue weighted by molar-refractivity contribution is 0.103. The zero-order valence-corrected chi connectivity index (χ0v) is 14.7. The fourth-order valence-corrected chi connectivity index (χ4v) is 2.79. The molecule has 0 heterocycles. The van der Waals surface area contributed by atoms with Gasteiger partial charge in [0.2, 0.25) is 0 Å². The molecule has 1 atom stereocenters. The number of hydrogen-bond acceptors (Lipinski definition) is 2. The number of benzene rings is 2. The predicted octanol–water partition coefficient (Wildman–Crippen LogP) is 5.28. The fraction of sp³-hybridized carbons (Fsp3) is 0.188. The highest BCUT2D eigenvalue weighted by atomic mass is 79.9. The summed E-state index contributed by atoms with van der Waals surface area (Å²) in [6, 6.07) is 9.68. The molecule has 0 fully saturated rings. The summed E-state index contributed by atoms with van der Waals surface area (Å²) >= 11 is 6.88. The topological polar surface area (TPSA) is 26.3 Å². The standard InChI is InChI=1S/C16H13Br2FO2/c1-9(17)10-3-5-12(13(18)7-10)16(20)11-4-6-15(21-2)14(19)8-11/h3-9H,1-2H3. The SMILES string of the molecule is COc1ccc(C(=O)c2ccc(C(C)Br)cc2Br)cc1F. The van der Waals surface area contributed by atoms with E-state index in [9.17, 15) is 9.18 Å². The zero-order valence-electron chi connectivity index (χ0n) is 11.5. The first kappa shape index (κ1) is 16.2. The van der Waals surface area contributed by atoms with Gasteiger partial charge in [-0.1, -0.05) is 37.9 Å². The highest BCUT2D eigenvalue weighted by molar-refractivity contribution is 9.10. The minimum atomic E-state index is -0.551. The number of methoxy groups -OCH3 is 1. The van der Waals surface area contributed by atoms with E-state index in [2.05, 4.69) is 31.9 Å². The van der Waals surface area contributed by atoms with Crippen LogP contribution >= 0.6 is 31.9 Å². The Kier molecular flexibility index (Phi) is 5.17. The van der Waals surface area contributed by atoms with Crippen molar-refractivity contribution in [1.82, 2.24) is 0 Å². The van der Waals surface area contributed by atoms with Gasteiger partial charge in [0.05, 0.1) is 7.11 Å². The van der Waals surface area contributed by atoms with Crippen molar-refractivity contribution in [3.63, 3.8) is 0 Å². The Bertz CT molecular complexity index is 684. The van der Waals surface area contributed by atoms with Gasteiger partial charge in [0.15, 0.2) is 17.3 Å². The van der Waals surface area contributed by atoms with Crippen LogP contribution in [0.15, 0.2) is 40.9 Å². The number of hydrogen-bond donors (Lipinski definition) is 0.